The SMILES string of the molecule is CCCCCCc1ccc(C2=NC3=NC(c4ccc(N5CCCC5)cc4NC)=NC4=CC=CC(=N2)N43)c(NC)c1. The Hall–Kier alpha value is -4.20. The molecule has 0 aromatic heterocycles. The Morgan fingerprint density at radius 3 is 2.33 bits per heavy atom. The highest BCUT2D eigenvalue weighted by molar-refractivity contribution is 6.26. The third-order valence-electron chi connectivity index (χ3n) is 7.90. The molecule has 4 aliphatic rings. The van der Waals surface area contributed by atoms with Gasteiger partial charge in [0.2, 0.25) is 5.96 Å². The van der Waals surface area contributed by atoms with Crippen LogP contribution in [0, 0.1) is 0 Å². The molecule has 1 saturated heterocycles. The number of aliphatic imine (C=N–C) groups is 4. The Bertz CT molecular complexity index is 1470. The van der Waals surface area contributed by atoms with E-state index in [0.29, 0.717) is 17.6 Å². The van der Waals surface area contributed by atoms with Crippen molar-refractivity contribution in [2.75, 3.05) is 42.7 Å². The van der Waals surface area contributed by atoms with Crippen LogP contribution in [0.1, 0.15) is 62.1 Å². The minimum absolute atomic E-state index is 0.581. The van der Waals surface area contributed by atoms with Crippen molar-refractivity contribution in [2.45, 2.75) is 51.9 Å². The highest BCUT2D eigenvalue weighted by Gasteiger charge is 2.32. The number of amidine groups is 3. The molecule has 0 bridgehead atoms. The molecule has 0 aliphatic carbocycles. The van der Waals surface area contributed by atoms with Crippen LogP contribution in [-0.4, -0.2) is 55.6 Å². The summed E-state index contributed by atoms with van der Waals surface area (Å²) in [6, 6.07) is 13.1. The molecule has 8 heteroatoms. The molecule has 0 amide bonds. The lowest BCUT2D eigenvalue weighted by Crippen LogP contribution is -2.41. The van der Waals surface area contributed by atoms with Crippen LogP contribution < -0.4 is 15.5 Å². The molecule has 206 valence electrons. The summed E-state index contributed by atoms with van der Waals surface area (Å²) in [5.41, 5.74) is 6.52. The summed E-state index contributed by atoms with van der Waals surface area (Å²) >= 11 is 0. The molecule has 0 spiro atoms. The molecule has 2 N–H and O–H groups in total. The van der Waals surface area contributed by atoms with Crippen molar-refractivity contribution in [1.82, 2.24) is 4.90 Å². The molecule has 4 heterocycles. The lowest BCUT2D eigenvalue weighted by molar-refractivity contribution is 0.667. The molecule has 2 aromatic rings. The highest BCUT2D eigenvalue weighted by Crippen LogP contribution is 2.31. The van der Waals surface area contributed by atoms with Gasteiger partial charge in [0.05, 0.1) is 0 Å². The smallest absolute Gasteiger partial charge is 0.241 e. The van der Waals surface area contributed by atoms with Gasteiger partial charge in [0, 0.05) is 55.4 Å². The number of aryl methyl sites for hydroxylation is 1. The maximum absolute atomic E-state index is 4.97. The molecule has 0 unspecified atom stereocenters. The minimum Gasteiger partial charge on any atom is -0.388 e. The second-order valence-corrected chi connectivity index (χ2v) is 10.6. The van der Waals surface area contributed by atoms with Crippen LogP contribution in [-0.2, 0) is 6.42 Å². The minimum atomic E-state index is 0.581. The summed E-state index contributed by atoms with van der Waals surface area (Å²) < 4.78 is 0. The van der Waals surface area contributed by atoms with Gasteiger partial charge in [-0.2, -0.15) is 9.98 Å². The first kappa shape index (κ1) is 26.0. The summed E-state index contributed by atoms with van der Waals surface area (Å²) in [5, 5.41) is 6.74. The Labute approximate surface area is 237 Å². The van der Waals surface area contributed by atoms with E-state index in [1.165, 1.54) is 49.8 Å². The van der Waals surface area contributed by atoms with Crippen LogP contribution in [0.25, 0.3) is 0 Å². The second-order valence-electron chi connectivity index (χ2n) is 10.6. The van der Waals surface area contributed by atoms with Crippen molar-refractivity contribution < 1.29 is 0 Å². The average Bonchev–Trinajstić information content (AvgIpc) is 3.54. The van der Waals surface area contributed by atoms with Crippen molar-refractivity contribution in [2.24, 2.45) is 20.0 Å². The number of hydrogen-bond acceptors (Lipinski definition) is 8. The van der Waals surface area contributed by atoms with E-state index in [9.17, 15) is 0 Å². The van der Waals surface area contributed by atoms with Crippen LogP contribution in [0.4, 0.5) is 17.1 Å². The van der Waals surface area contributed by atoms with Gasteiger partial charge in [-0.25, -0.2) is 14.9 Å². The van der Waals surface area contributed by atoms with Crippen LogP contribution in [0.2, 0.25) is 0 Å². The topological polar surface area (TPSA) is 80.0 Å². The van der Waals surface area contributed by atoms with Gasteiger partial charge in [-0.1, -0.05) is 38.3 Å². The van der Waals surface area contributed by atoms with E-state index < -0.39 is 0 Å². The van der Waals surface area contributed by atoms with Gasteiger partial charge in [-0.15, -0.1) is 0 Å². The number of benzene rings is 2. The number of nitrogens with zero attached hydrogens (tertiary/aromatic N) is 6. The fourth-order valence-corrected chi connectivity index (χ4v) is 5.70. The van der Waals surface area contributed by atoms with Crippen LogP contribution >= 0.6 is 0 Å². The Morgan fingerprint density at radius 1 is 0.800 bits per heavy atom. The summed E-state index contributed by atoms with van der Waals surface area (Å²) in [6.07, 6.45) is 14.6. The van der Waals surface area contributed by atoms with Crippen molar-refractivity contribution in [3.63, 3.8) is 0 Å². The molecule has 1 fully saturated rings. The summed E-state index contributed by atoms with van der Waals surface area (Å²) in [7, 11) is 3.91. The lowest BCUT2D eigenvalue weighted by Gasteiger charge is -2.32. The number of anilines is 3. The molecular formula is C32H38N8. The summed E-state index contributed by atoms with van der Waals surface area (Å²) in [4.78, 5) is 24.2. The van der Waals surface area contributed by atoms with Crippen LogP contribution in [0.5, 0.6) is 0 Å². The van der Waals surface area contributed by atoms with E-state index in [1.807, 2.05) is 37.2 Å². The van der Waals surface area contributed by atoms with Crippen molar-refractivity contribution in [1.29, 1.82) is 0 Å². The van der Waals surface area contributed by atoms with Crippen molar-refractivity contribution >= 4 is 40.5 Å². The summed E-state index contributed by atoms with van der Waals surface area (Å²) in [5.74, 6) is 3.42. The molecule has 0 radical (unpaired) electrons. The Kier molecular flexibility index (Phi) is 7.49. The summed E-state index contributed by atoms with van der Waals surface area (Å²) in [6.45, 7) is 4.46. The standard InChI is InChI=1S/C32H38N8/c1-4-5-6-7-11-22-14-16-24(26(20-22)33-2)30-35-28-12-10-13-29-36-31(38-32(37-30)40(28)29)25-17-15-23(21-27(25)34-3)39-18-8-9-19-39/h10,12-17,20-21,33-34H,4-9,11,18-19H2,1-3H3. The van der Waals surface area contributed by atoms with Gasteiger partial charge in [0.1, 0.15) is 11.7 Å². The van der Waals surface area contributed by atoms with Crippen LogP contribution in [0.3, 0.4) is 0 Å². The molecule has 40 heavy (non-hydrogen) atoms. The largest absolute Gasteiger partial charge is 0.388 e. The zero-order chi connectivity index (χ0) is 27.5. The predicted molar refractivity (Wildman–Crippen MR) is 168 cm³/mol. The number of unbranched alkanes of at least 4 members (excludes halogenated alkanes) is 3. The first-order chi connectivity index (χ1) is 19.7. The zero-order valence-corrected chi connectivity index (χ0v) is 23.7. The van der Waals surface area contributed by atoms with Gasteiger partial charge in [-0.3, -0.25) is 0 Å². The van der Waals surface area contributed by atoms with E-state index in [0.717, 1.165) is 53.7 Å². The molecular weight excluding hydrogens is 496 g/mol. The Balaban J connectivity index is 1.34. The number of guanidine groups is 1. The maximum Gasteiger partial charge on any atom is 0.241 e. The van der Waals surface area contributed by atoms with Gasteiger partial charge in [0.15, 0.2) is 11.7 Å². The third-order valence-corrected chi connectivity index (χ3v) is 7.90. The molecule has 4 aliphatic heterocycles. The maximum atomic E-state index is 4.97. The van der Waals surface area contributed by atoms with E-state index in [1.54, 1.807) is 0 Å². The number of rotatable bonds is 10. The molecule has 0 atom stereocenters. The van der Waals surface area contributed by atoms with Gasteiger partial charge < -0.3 is 15.5 Å². The number of hydrogen-bond donors (Lipinski definition) is 2. The molecule has 8 nitrogen and oxygen atoms in total. The molecule has 2 aromatic carbocycles. The van der Waals surface area contributed by atoms with E-state index in [2.05, 4.69) is 58.9 Å². The highest BCUT2D eigenvalue weighted by atomic mass is 15.4. The quantitative estimate of drug-likeness (QED) is 0.357. The van der Waals surface area contributed by atoms with Gasteiger partial charge >= 0.3 is 0 Å². The van der Waals surface area contributed by atoms with Gasteiger partial charge in [-0.05, 0) is 73.7 Å². The Morgan fingerprint density at radius 2 is 1.55 bits per heavy atom. The van der Waals surface area contributed by atoms with Crippen molar-refractivity contribution in [3.05, 3.63) is 77.1 Å². The molecule has 0 saturated carbocycles. The van der Waals surface area contributed by atoms with Crippen molar-refractivity contribution in [3.8, 4) is 0 Å². The number of nitrogens with one attached hydrogen (secondary N) is 2. The first-order valence-electron chi connectivity index (χ1n) is 14.6. The van der Waals surface area contributed by atoms with Crippen LogP contribution in [0.15, 0.2) is 80.4 Å². The average molecular weight is 535 g/mol. The van der Waals surface area contributed by atoms with E-state index >= 15 is 0 Å². The fourth-order valence-electron chi connectivity index (χ4n) is 5.70. The van der Waals surface area contributed by atoms with Gasteiger partial charge in [0.25, 0.3) is 0 Å². The first-order valence-corrected chi connectivity index (χ1v) is 14.6. The predicted octanol–water partition coefficient (Wildman–Crippen LogP) is 6.18. The number of allylic oxidation sites excluding steroid dienone is 2. The zero-order valence-electron chi connectivity index (χ0n) is 23.7. The lowest BCUT2D eigenvalue weighted by atomic mass is 10.0. The third kappa shape index (κ3) is 5.06. The molecule has 6 rings (SSSR count). The normalized spacial score (nSPS) is 17.5. The van der Waals surface area contributed by atoms with E-state index in [-0.39, 0.29) is 0 Å². The second kappa shape index (κ2) is 11.5. The fraction of sp³-hybridized carbons (Fsp3) is 0.375. The van der Waals surface area contributed by atoms with E-state index in [4.69, 9.17) is 20.0 Å². The monoisotopic (exact) mass is 534 g/mol.